The summed E-state index contributed by atoms with van der Waals surface area (Å²) >= 11 is 0. The Morgan fingerprint density at radius 2 is 1.23 bits per heavy atom. The van der Waals surface area contributed by atoms with Crippen molar-refractivity contribution in [1.82, 2.24) is 0 Å². The summed E-state index contributed by atoms with van der Waals surface area (Å²) in [5.74, 6) is -0.185. The molecule has 0 heterocycles. The summed E-state index contributed by atoms with van der Waals surface area (Å²) < 4.78 is 53.1. The number of aromatic hydroxyl groups is 2. The van der Waals surface area contributed by atoms with E-state index in [9.17, 15) is 37.9 Å². The Morgan fingerprint density at radius 1 is 0.857 bits per heavy atom. The number of hydrogen-bond acceptors (Lipinski definition) is 6. The molecule has 0 aliphatic carbocycles. The Labute approximate surface area is 204 Å². The molecule has 9 heteroatoms. The fraction of sp³-hybridized carbons (Fsp3) is 0.308. The fourth-order valence-electron chi connectivity index (χ4n) is 3.35. The minimum absolute atomic E-state index is 0.0925. The molecule has 2 atom stereocenters. The number of benzene rings is 2. The standard InChI is InChI=1S/C26H26F2N2O4S/c1-17(27)3-5-19-11-23(31)9-7-21(19)13-25(15-29)35(33,34)26(16-30)14-22-8-10-24(32)12-20(22)6-4-18(2)28/h7-14,17-18,31-32H,3-6H2,1-2H3. The van der Waals surface area contributed by atoms with Gasteiger partial charge in [-0.1, -0.05) is 12.1 Å². The summed E-state index contributed by atoms with van der Waals surface area (Å²) in [5, 5.41) is 38.8. The smallest absolute Gasteiger partial charge is 0.226 e. The van der Waals surface area contributed by atoms with Gasteiger partial charge in [0, 0.05) is 0 Å². The molecular formula is C26H26F2N2O4S. The molecule has 2 unspecified atom stereocenters. The fourth-order valence-corrected chi connectivity index (χ4v) is 4.39. The molecule has 0 amide bonds. The Morgan fingerprint density at radius 3 is 1.54 bits per heavy atom. The van der Waals surface area contributed by atoms with E-state index in [2.05, 4.69) is 0 Å². The molecule has 0 radical (unpaired) electrons. The zero-order chi connectivity index (χ0) is 26.2. The molecule has 0 aliphatic rings. The SMILES string of the molecule is CC(F)CCc1cc(O)ccc1C=C(C#N)S(=O)(=O)C(C#N)=Cc1ccc(O)cc1CCC(C)F. The summed E-state index contributed by atoms with van der Waals surface area (Å²) in [6.45, 7) is 2.75. The molecule has 0 fully saturated rings. The van der Waals surface area contributed by atoms with Gasteiger partial charge in [-0.3, -0.25) is 0 Å². The van der Waals surface area contributed by atoms with Gasteiger partial charge in [0.05, 0.1) is 12.3 Å². The van der Waals surface area contributed by atoms with E-state index in [0.717, 1.165) is 12.2 Å². The monoisotopic (exact) mass is 500 g/mol. The first-order chi connectivity index (χ1) is 16.5. The van der Waals surface area contributed by atoms with Gasteiger partial charge in [0.2, 0.25) is 9.84 Å². The molecule has 35 heavy (non-hydrogen) atoms. The quantitative estimate of drug-likeness (QED) is 0.414. The summed E-state index contributed by atoms with van der Waals surface area (Å²) in [4.78, 5) is -1.41. The van der Waals surface area contributed by atoms with Crippen LogP contribution in [-0.2, 0) is 22.7 Å². The molecule has 0 saturated heterocycles. The molecule has 0 bridgehead atoms. The molecule has 2 rings (SSSR count). The Kier molecular flexibility index (Phi) is 9.56. The highest BCUT2D eigenvalue weighted by Gasteiger charge is 2.25. The number of hydrogen-bond donors (Lipinski definition) is 2. The molecule has 2 N–H and O–H groups in total. The zero-order valence-electron chi connectivity index (χ0n) is 19.4. The van der Waals surface area contributed by atoms with E-state index in [1.165, 1.54) is 50.2 Å². The van der Waals surface area contributed by atoms with E-state index in [4.69, 9.17) is 0 Å². The van der Waals surface area contributed by atoms with Crippen LogP contribution in [0.4, 0.5) is 8.78 Å². The third-order valence-electron chi connectivity index (χ3n) is 5.25. The summed E-state index contributed by atoms with van der Waals surface area (Å²) in [6.07, 6.45) is 0.569. The average Bonchev–Trinajstić information content (AvgIpc) is 2.79. The van der Waals surface area contributed by atoms with Crippen LogP contribution in [0, 0.1) is 22.7 Å². The van der Waals surface area contributed by atoms with Gasteiger partial charge in [0.1, 0.15) is 23.6 Å². The Balaban J connectivity index is 2.56. The van der Waals surface area contributed by atoms with Crippen molar-refractivity contribution in [1.29, 1.82) is 10.5 Å². The first kappa shape index (κ1) is 27.6. The molecule has 6 nitrogen and oxygen atoms in total. The van der Waals surface area contributed by atoms with Crippen LogP contribution in [0.25, 0.3) is 12.2 Å². The van der Waals surface area contributed by atoms with Gasteiger partial charge in [-0.25, -0.2) is 17.2 Å². The summed E-state index contributed by atoms with van der Waals surface area (Å²) in [6, 6.07) is 11.4. The van der Waals surface area contributed by atoms with E-state index in [-0.39, 0.29) is 37.2 Å². The number of nitrogens with zero attached hydrogens (tertiary/aromatic N) is 2. The maximum Gasteiger partial charge on any atom is 0.226 e. The molecule has 184 valence electrons. The van der Waals surface area contributed by atoms with Crippen LogP contribution in [0.15, 0.2) is 46.2 Å². The van der Waals surface area contributed by atoms with Gasteiger partial charge >= 0.3 is 0 Å². The second-order valence-electron chi connectivity index (χ2n) is 8.15. The normalized spacial score (nSPS) is 14.1. The lowest BCUT2D eigenvalue weighted by atomic mass is 10.0. The number of nitriles is 2. The predicted octanol–water partition coefficient (Wildman–Crippen LogP) is 5.52. The number of allylic oxidation sites excluding steroid dienone is 2. The third kappa shape index (κ3) is 7.66. The second-order valence-corrected chi connectivity index (χ2v) is 10.0. The van der Waals surface area contributed by atoms with Gasteiger partial charge in [0.25, 0.3) is 0 Å². The minimum atomic E-state index is -4.55. The van der Waals surface area contributed by atoms with Crippen molar-refractivity contribution >= 4 is 22.0 Å². The van der Waals surface area contributed by atoms with E-state index in [1.54, 1.807) is 12.1 Å². The number of rotatable bonds is 10. The molecule has 2 aromatic rings. The average molecular weight is 501 g/mol. The number of alkyl halides is 2. The molecule has 0 aromatic heterocycles. The highest BCUT2D eigenvalue weighted by molar-refractivity contribution is 7.99. The van der Waals surface area contributed by atoms with Gasteiger partial charge in [0.15, 0.2) is 9.81 Å². The first-order valence-corrected chi connectivity index (χ1v) is 12.4. The molecule has 0 aliphatic heterocycles. The third-order valence-corrected chi connectivity index (χ3v) is 6.82. The van der Waals surface area contributed by atoms with Crippen molar-refractivity contribution in [2.24, 2.45) is 0 Å². The predicted molar refractivity (Wildman–Crippen MR) is 130 cm³/mol. The minimum Gasteiger partial charge on any atom is -0.508 e. The summed E-state index contributed by atoms with van der Waals surface area (Å²) in [5.41, 5.74) is 1.48. The van der Waals surface area contributed by atoms with Gasteiger partial charge in [-0.05, 0) is 98.2 Å². The van der Waals surface area contributed by atoms with Crippen LogP contribution in [0.3, 0.4) is 0 Å². The topological polar surface area (TPSA) is 122 Å². The number of halogens is 2. The summed E-state index contributed by atoms with van der Waals surface area (Å²) in [7, 11) is -4.55. The molecule has 0 spiro atoms. The number of sulfone groups is 1. The molecular weight excluding hydrogens is 474 g/mol. The Hall–Kier alpha value is -3.69. The van der Waals surface area contributed by atoms with Crippen LogP contribution in [-0.4, -0.2) is 31.0 Å². The number of phenolic OH excluding ortho intramolecular Hbond substituents is 2. The van der Waals surface area contributed by atoms with Crippen LogP contribution in [0.1, 0.15) is 48.9 Å². The van der Waals surface area contributed by atoms with Crippen molar-refractivity contribution in [3.8, 4) is 23.6 Å². The highest BCUT2D eigenvalue weighted by Crippen LogP contribution is 2.28. The van der Waals surface area contributed by atoms with Gasteiger partial charge in [-0.2, -0.15) is 10.5 Å². The van der Waals surface area contributed by atoms with E-state index >= 15 is 0 Å². The van der Waals surface area contributed by atoms with Crippen molar-refractivity contribution in [3.63, 3.8) is 0 Å². The Bertz CT molecular complexity index is 1220. The van der Waals surface area contributed by atoms with E-state index in [1.807, 2.05) is 0 Å². The van der Waals surface area contributed by atoms with Crippen molar-refractivity contribution in [3.05, 3.63) is 68.5 Å². The van der Waals surface area contributed by atoms with Crippen molar-refractivity contribution in [2.45, 2.75) is 51.9 Å². The highest BCUT2D eigenvalue weighted by atomic mass is 32.2. The van der Waals surface area contributed by atoms with Crippen LogP contribution >= 0.6 is 0 Å². The lowest BCUT2D eigenvalue weighted by molar-refractivity contribution is 0.341. The largest absolute Gasteiger partial charge is 0.508 e. The lowest BCUT2D eigenvalue weighted by Crippen LogP contribution is -2.06. The van der Waals surface area contributed by atoms with E-state index < -0.39 is 32.0 Å². The molecule has 0 saturated carbocycles. The van der Waals surface area contributed by atoms with Crippen molar-refractivity contribution < 1.29 is 27.4 Å². The lowest BCUT2D eigenvalue weighted by Gasteiger charge is -2.10. The van der Waals surface area contributed by atoms with Crippen LogP contribution < -0.4 is 0 Å². The number of aryl methyl sites for hydroxylation is 2. The maximum absolute atomic E-state index is 13.3. The van der Waals surface area contributed by atoms with Gasteiger partial charge in [-0.15, -0.1) is 0 Å². The van der Waals surface area contributed by atoms with Crippen molar-refractivity contribution in [2.75, 3.05) is 0 Å². The van der Waals surface area contributed by atoms with E-state index in [0.29, 0.717) is 22.3 Å². The maximum atomic E-state index is 13.3. The zero-order valence-corrected chi connectivity index (χ0v) is 20.2. The number of phenols is 2. The van der Waals surface area contributed by atoms with Crippen LogP contribution in [0.5, 0.6) is 11.5 Å². The molecule has 2 aromatic carbocycles. The van der Waals surface area contributed by atoms with Gasteiger partial charge < -0.3 is 10.2 Å². The second kappa shape index (κ2) is 12.1. The first-order valence-electron chi connectivity index (χ1n) is 10.9. The van der Waals surface area contributed by atoms with Crippen LogP contribution in [0.2, 0.25) is 0 Å².